The van der Waals surface area contributed by atoms with Gasteiger partial charge >= 0.3 is 0 Å². The molecule has 2 aliphatic rings. The molecule has 0 aromatic carbocycles. The summed E-state index contributed by atoms with van der Waals surface area (Å²) in [5.74, 6) is 1.25. The predicted molar refractivity (Wildman–Crippen MR) is 45.5 cm³/mol. The van der Waals surface area contributed by atoms with Crippen LogP contribution in [0.3, 0.4) is 0 Å². The zero-order chi connectivity index (χ0) is 8.72. The van der Waals surface area contributed by atoms with Gasteiger partial charge in [-0.15, -0.1) is 0 Å². The zero-order valence-electron chi connectivity index (χ0n) is 7.23. The van der Waals surface area contributed by atoms with Crippen molar-refractivity contribution in [1.29, 1.82) is 0 Å². The second kappa shape index (κ2) is 2.70. The van der Waals surface area contributed by atoms with Crippen LogP contribution in [0.2, 0.25) is 0 Å². The molecule has 12 heavy (non-hydrogen) atoms. The van der Waals surface area contributed by atoms with Crippen LogP contribution in [-0.2, 0) is 4.79 Å². The van der Waals surface area contributed by atoms with Crippen molar-refractivity contribution in [3.8, 4) is 0 Å². The smallest absolute Gasteiger partial charge is 0.145 e. The van der Waals surface area contributed by atoms with E-state index in [0.29, 0.717) is 17.8 Å². The number of hydrogen-bond acceptors (Lipinski definition) is 2. The van der Waals surface area contributed by atoms with Crippen molar-refractivity contribution >= 4 is 6.29 Å². The molecule has 0 bridgehead atoms. The third-order valence-electron chi connectivity index (χ3n) is 3.48. The molecule has 0 radical (unpaired) electrons. The van der Waals surface area contributed by atoms with Crippen molar-refractivity contribution in [2.24, 2.45) is 17.8 Å². The summed E-state index contributed by atoms with van der Waals surface area (Å²) in [5.41, 5.74) is 0.920. The van der Waals surface area contributed by atoms with Gasteiger partial charge in [0.1, 0.15) is 6.29 Å². The molecule has 2 heteroatoms. The Bertz CT molecular complexity index is 232. The van der Waals surface area contributed by atoms with Crippen molar-refractivity contribution < 1.29 is 9.90 Å². The van der Waals surface area contributed by atoms with Gasteiger partial charge in [0.05, 0.1) is 6.10 Å². The van der Waals surface area contributed by atoms with Crippen molar-refractivity contribution in [3.05, 3.63) is 11.6 Å². The second-order valence-corrected chi connectivity index (χ2v) is 3.99. The summed E-state index contributed by atoms with van der Waals surface area (Å²) in [6.07, 6.45) is 4.57. The molecule has 66 valence electrons. The van der Waals surface area contributed by atoms with Crippen LogP contribution in [0.4, 0.5) is 0 Å². The van der Waals surface area contributed by atoms with Crippen LogP contribution >= 0.6 is 0 Å². The summed E-state index contributed by atoms with van der Waals surface area (Å²) >= 11 is 0. The molecule has 1 fully saturated rings. The van der Waals surface area contributed by atoms with E-state index in [2.05, 4.69) is 6.92 Å². The number of aliphatic hydroxyl groups is 1. The average Bonchev–Trinajstić information content (AvgIpc) is 2.55. The lowest BCUT2D eigenvalue weighted by molar-refractivity contribution is -0.105. The van der Waals surface area contributed by atoms with Crippen molar-refractivity contribution in [2.45, 2.75) is 25.9 Å². The highest BCUT2D eigenvalue weighted by Gasteiger charge is 2.43. The Morgan fingerprint density at radius 3 is 3.08 bits per heavy atom. The molecular formula is C10H14O2. The van der Waals surface area contributed by atoms with E-state index in [1.54, 1.807) is 0 Å². The minimum absolute atomic E-state index is 0.191. The van der Waals surface area contributed by atoms with Gasteiger partial charge in [0.15, 0.2) is 0 Å². The summed E-state index contributed by atoms with van der Waals surface area (Å²) in [7, 11) is 0. The maximum Gasteiger partial charge on any atom is 0.145 e. The molecule has 0 heterocycles. The van der Waals surface area contributed by atoms with Gasteiger partial charge in [-0.2, -0.15) is 0 Å². The Balaban J connectivity index is 2.19. The topological polar surface area (TPSA) is 37.3 Å². The molecule has 1 N–H and O–H groups in total. The summed E-state index contributed by atoms with van der Waals surface area (Å²) in [4.78, 5) is 10.6. The Morgan fingerprint density at radius 1 is 1.67 bits per heavy atom. The molecule has 0 aromatic rings. The highest BCUT2D eigenvalue weighted by molar-refractivity contribution is 5.75. The van der Waals surface area contributed by atoms with Gasteiger partial charge in [0, 0.05) is 0 Å². The molecule has 0 spiro atoms. The quantitative estimate of drug-likeness (QED) is 0.593. The van der Waals surface area contributed by atoms with Gasteiger partial charge in [-0.25, -0.2) is 0 Å². The van der Waals surface area contributed by atoms with Gasteiger partial charge in [0.25, 0.3) is 0 Å². The van der Waals surface area contributed by atoms with E-state index in [4.69, 9.17) is 0 Å². The molecule has 0 saturated heterocycles. The van der Waals surface area contributed by atoms with Gasteiger partial charge in [-0.3, -0.25) is 4.79 Å². The minimum Gasteiger partial charge on any atom is -0.393 e. The van der Waals surface area contributed by atoms with E-state index in [1.165, 1.54) is 0 Å². The molecule has 0 aliphatic heterocycles. The van der Waals surface area contributed by atoms with Gasteiger partial charge < -0.3 is 5.11 Å². The van der Waals surface area contributed by atoms with Crippen molar-refractivity contribution in [1.82, 2.24) is 0 Å². The van der Waals surface area contributed by atoms with Crippen LogP contribution in [0.15, 0.2) is 11.6 Å². The van der Waals surface area contributed by atoms with Crippen molar-refractivity contribution in [3.63, 3.8) is 0 Å². The highest BCUT2D eigenvalue weighted by Crippen LogP contribution is 2.46. The first kappa shape index (κ1) is 7.99. The Kier molecular flexibility index (Phi) is 1.80. The fraction of sp³-hybridized carbons (Fsp3) is 0.700. The van der Waals surface area contributed by atoms with E-state index in [0.717, 1.165) is 24.7 Å². The fourth-order valence-electron chi connectivity index (χ4n) is 2.62. The summed E-state index contributed by atoms with van der Waals surface area (Å²) in [5, 5.41) is 9.57. The van der Waals surface area contributed by atoms with E-state index in [-0.39, 0.29) is 6.10 Å². The fourth-order valence-corrected chi connectivity index (χ4v) is 2.62. The molecule has 1 saturated carbocycles. The number of aliphatic hydroxyl groups excluding tert-OH is 1. The number of hydrogen-bond donors (Lipinski definition) is 1. The zero-order valence-corrected chi connectivity index (χ0v) is 7.23. The van der Waals surface area contributed by atoms with E-state index in [9.17, 15) is 9.90 Å². The molecule has 0 aromatic heterocycles. The molecule has 0 amide bonds. The molecule has 2 nitrogen and oxygen atoms in total. The van der Waals surface area contributed by atoms with Crippen LogP contribution in [0.25, 0.3) is 0 Å². The lowest BCUT2D eigenvalue weighted by Crippen LogP contribution is -2.14. The van der Waals surface area contributed by atoms with Gasteiger partial charge in [0.2, 0.25) is 0 Å². The third-order valence-corrected chi connectivity index (χ3v) is 3.48. The summed E-state index contributed by atoms with van der Waals surface area (Å²) < 4.78 is 0. The van der Waals surface area contributed by atoms with E-state index >= 15 is 0 Å². The second-order valence-electron chi connectivity index (χ2n) is 3.99. The van der Waals surface area contributed by atoms with Gasteiger partial charge in [-0.05, 0) is 36.2 Å². The lowest BCUT2D eigenvalue weighted by Gasteiger charge is -2.14. The SMILES string of the molecule is CC1C(O)CC2C(C=O)=CCC21. The first-order valence-electron chi connectivity index (χ1n) is 4.57. The lowest BCUT2D eigenvalue weighted by atomic mass is 9.90. The van der Waals surface area contributed by atoms with Crippen LogP contribution in [0.1, 0.15) is 19.8 Å². The van der Waals surface area contributed by atoms with E-state index in [1.807, 2.05) is 6.08 Å². The maximum absolute atomic E-state index is 10.6. The third kappa shape index (κ3) is 0.944. The minimum atomic E-state index is -0.191. The maximum atomic E-state index is 10.6. The Labute approximate surface area is 72.3 Å². The van der Waals surface area contributed by atoms with E-state index < -0.39 is 0 Å². The summed E-state index contributed by atoms with van der Waals surface area (Å²) in [6.45, 7) is 2.08. The van der Waals surface area contributed by atoms with Gasteiger partial charge in [-0.1, -0.05) is 13.0 Å². The Morgan fingerprint density at radius 2 is 2.42 bits per heavy atom. The first-order chi connectivity index (χ1) is 5.74. The first-order valence-corrected chi connectivity index (χ1v) is 4.57. The number of carbonyl (C=O) groups excluding carboxylic acids is 1. The number of fused-ring (bicyclic) bond motifs is 1. The monoisotopic (exact) mass is 166 g/mol. The number of allylic oxidation sites excluding steroid dienone is 2. The normalized spacial score (nSPS) is 45.7. The van der Waals surface area contributed by atoms with Crippen molar-refractivity contribution in [2.75, 3.05) is 0 Å². The molecule has 2 rings (SSSR count). The largest absolute Gasteiger partial charge is 0.393 e. The number of aldehydes is 1. The van der Waals surface area contributed by atoms with Crippen LogP contribution in [-0.4, -0.2) is 17.5 Å². The highest BCUT2D eigenvalue weighted by atomic mass is 16.3. The molecule has 4 unspecified atom stereocenters. The summed E-state index contributed by atoms with van der Waals surface area (Å²) in [6, 6.07) is 0. The Hall–Kier alpha value is -0.630. The molecular weight excluding hydrogens is 152 g/mol. The van der Waals surface area contributed by atoms with Crippen LogP contribution < -0.4 is 0 Å². The predicted octanol–water partition coefficient (Wildman–Crippen LogP) is 1.15. The number of rotatable bonds is 1. The van der Waals surface area contributed by atoms with Crippen LogP contribution in [0.5, 0.6) is 0 Å². The average molecular weight is 166 g/mol. The molecule has 2 aliphatic carbocycles. The molecule has 4 atom stereocenters. The standard InChI is InChI=1S/C10H14O2/c1-6-8-3-2-7(5-11)9(8)4-10(6)12/h2,5-6,8-10,12H,3-4H2,1H3. The van der Waals surface area contributed by atoms with Crippen LogP contribution in [0, 0.1) is 17.8 Å². The number of carbonyl (C=O) groups is 1.